The molecule has 0 aromatic heterocycles. The minimum Gasteiger partial charge on any atom is -0.497 e. The minimum atomic E-state index is -1.26. The van der Waals surface area contributed by atoms with E-state index in [0.717, 1.165) is 6.07 Å². The third-order valence-corrected chi connectivity index (χ3v) is 2.08. The van der Waals surface area contributed by atoms with Gasteiger partial charge in [0, 0.05) is 17.7 Å². The highest BCUT2D eigenvalue weighted by Gasteiger charge is 2.20. The number of aliphatic hydroxyl groups is 1. The lowest BCUT2D eigenvalue weighted by Gasteiger charge is -2.16. The Morgan fingerprint density at radius 2 is 2.00 bits per heavy atom. The van der Waals surface area contributed by atoms with Gasteiger partial charge in [0.05, 0.1) is 13.2 Å². The number of benzene rings is 1. The fourth-order valence-corrected chi connectivity index (χ4v) is 1.20. The maximum atomic E-state index is 13.3. The molecule has 84 valence electrons. The molecule has 0 saturated carbocycles. The summed E-state index contributed by atoms with van der Waals surface area (Å²) in [5, 5.41) is 9.54. The van der Waals surface area contributed by atoms with E-state index in [0.29, 0.717) is 0 Å². The maximum Gasteiger partial charge on any atom is 0.164 e. The monoisotopic (exact) mass is 217 g/mol. The SMILES string of the molecule is COc1cc(F)c(F)c(C(O)C(C)N)c1. The molecule has 0 bridgehead atoms. The normalized spacial score (nSPS) is 14.8. The first-order valence-electron chi connectivity index (χ1n) is 4.44. The summed E-state index contributed by atoms with van der Waals surface area (Å²) in [6, 6.07) is 1.45. The van der Waals surface area contributed by atoms with E-state index in [1.165, 1.54) is 20.1 Å². The number of methoxy groups -OCH3 is 1. The molecule has 3 N–H and O–H groups in total. The van der Waals surface area contributed by atoms with Gasteiger partial charge < -0.3 is 15.6 Å². The van der Waals surface area contributed by atoms with Crippen molar-refractivity contribution in [1.82, 2.24) is 0 Å². The van der Waals surface area contributed by atoms with Crippen molar-refractivity contribution in [3.63, 3.8) is 0 Å². The second-order valence-corrected chi connectivity index (χ2v) is 3.32. The van der Waals surface area contributed by atoms with Gasteiger partial charge in [-0.2, -0.15) is 0 Å². The lowest BCUT2D eigenvalue weighted by atomic mass is 10.0. The van der Waals surface area contributed by atoms with Crippen LogP contribution < -0.4 is 10.5 Å². The molecule has 15 heavy (non-hydrogen) atoms. The summed E-state index contributed by atoms with van der Waals surface area (Å²) in [5.74, 6) is -2.02. The molecule has 0 fully saturated rings. The molecule has 3 nitrogen and oxygen atoms in total. The van der Waals surface area contributed by atoms with Crippen molar-refractivity contribution < 1.29 is 18.6 Å². The molecule has 0 saturated heterocycles. The van der Waals surface area contributed by atoms with Crippen molar-refractivity contribution in [2.45, 2.75) is 19.1 Å². The van der Waals surface area contributed by atoms with Gasteiger partial charge >= 0.3 is 0 Å². The number of halogens is 2. The zero-order valence-corrected chi connectivity index (χ0v) is 8.50. The molecular weight excluding hydrogens is 204 g/mol. The highest BCUT2D eigenvalue weighted by Crippen LogP contribution is 2.26. The number of nitrogens with two attached hydrogens (primary N) is 1. The van der Waals surface area contributed by atoms with Gasteiger partial charge in [0.15, 0.2) is 11.6 Å². The zero-order valence-electron chi connectivity index (χ0n) is 8.50. The molecule has 2 unspecified atom stereocenters. The van der Waals surface area contributed by atoms with Crippen LogP contribution in [0.5, 0.6) is 5.75 Å². The molecule has 0 aliphatic carbocycles. The van der Waals surface area contributed by atoms with Crippen LogP contribution in [0.1, 0.15) is 18.6 Å². The quantitative estimate of drug-likeness (QED) is 0.803. The Hall–Kier alpha value is -1.20. The van der Waals surface area contributed by atoms with Crippen LogP contribution in [0.3, 0.4) is 0 Å². The first-order valence-corrected chi connectivity index (χ1v) is 4.44. The molecule has 1 aromatic carbocycles. The van der Waals surface area contributed by atoms with Crippen LogP contribution in [0.15, 0.2) is 12.1 Å². The minimum absolute atomic E-state index is 0.142. The van der Waals surface area contributed by atoms with Crippen LogP contribution in [-0.4, -0.2) is 18.3 Å². The van der Waals surface area contributed by atoms with Crippen molar-refractivity contribution in [3.05, 3.63) is 29.3 Å². The second-order valence-electron chi connectivity index (χ2n) is 3.32. The van der Waals surface area contributed by atoms with E-state index in [4.69, 9.17) is 10.5 Å². The molecule has 0 aliphatic heterocycles. The summed E-state index contributed by atoms with van der Waals surface area (Å²) in [4.78, 5) is 0. The van der Waals surface area contributed by atoms with Crippen LogP contribution in [0, 0.1) is 11.6 Å². The molecule has 0 heterocycles. The molecule has 0 spiro atoms. The summed E-state index contributed by atoms with van der Waals surface area (Å²) in [5.41, 5.74) is 5.21. The number of hydrogen-bond donors (Lipinski definition) is 2. The Labute approximate surface area is 86.5 Å². The van der Waals surface area contributed by atoms with Crippen molar-refractivity contribution in [1.29, 1.82) is 0 Å². The van der Waals surface area contributed by atoms with E-state index in [1.54, 1.807) is 0 Å². The van der Waals surface area contributed by atoms with Gasteiger partial charge in [0.2, 0.25) is 0 Å². The smallest absolute Gasteiger partial charge is 0.164 e. The molecular formula is C10H13F2NO2. The summed E-state index contributed by atoms with van der Waals surface area (Å²) >= 11 is 0. The molecule has 0 amide bonds. The second kappa shape index (κ2) is 4.55. The fourth-order valence-electron chi connectivity index (χ4n) is 1.20. The molecule has 0 radical (unpaired) electrons. The maximum absolute atomic E-state index is 13.3. The molecule has 1 aromatic rings. The number of hydrogen-bond acceptors (Lipinski definition) is 3. The predicted molar refractivity (Wildman–Crippen MR) is 51.5 cm³/mol. The predicted octanol–water partition coefficient (Wildman–Crippen LogP) is 1.35. The zero-order chi connectivity index (χ0) is 11.6. The summed E-state index contributed by atoms with van der Waals surface area (Å²) in [6.45, 7) is 1.50. The Balaban J connectivity index is 3.21. The molecule has 1 rings (SSSR count). The van der Waals surface area contributed by atoms with E-state index in [2.05, 4.69) is 0 Å². The third-order valence-electron chi connectivity index (χ3n) is 2.08. The number of rotatable bonds is 3. The van der Waals surface area contributed by atoms with Crippen LogP contribution in [0.4, 0.5) is 8.78 Å². The Morgan fingerprint density at radius 1 is 1.40 bits per heavy atom. The summed E-state index contributed by atoms with van der Waals surface area (Å²) in [7, 11) is 1.33. The fraction of sp³-hybridized carbons (Fsp3) is 0.400. The molecule has 0 aliphatic rings. The van der Waals surface area contributed by atoms with Gasteiger partial charge in [0.25, 0.3) is 0 Å². The molecule has 5 heteroatoms. The van der Waals surface area contributed by atoms with Crippen LogP contribution >= 0.6 is 0 Å². The van der Waals surface area contributed by atoms with Crippen molar-refractivity contribution >= 4 is 0 Å². The Kier molecular flexibility index (Phi) is 3.60. The largest absolute Gasteiger partial charge is 0.497 e. The van der Waals surface area contributed by atoms with E-state index in [1.807, 2.05) is 0 Å². The first kappa shape index (κ1) is 11.9. The van der Waals surface area contributed by atoms with Gasteiger partial charge in [0.1, 0.15) is 5.75 Å². The van der Waals surface area contributed by atoms with Gasteiger partial charge in [-0.25, -0.2) is 8.78 Å². The topological polar surface area (TPSA) is 55.5 Å². The van der Waals surface area contributed by atoms with Gasteiger partial charge in [-0.05, 0) is 13.0 Å². The Morgan fingerprint density at radius 3 is 2.47 bits per heavy atom. The lowest BCUT2D eigenvalue weighted by Crippen LogP contribution is -2.25. The first-order chi connectivity index (χ1) is 6.97. The van der Waals surface area contributed by atoms with Crippen LogP contribution in [0.2, 0.25) is 0 Å². The van der Waals surface area contributed by atoms with Crippen LogP contribution in [0.25, 0.3) is 0 Å². The van der Waals surface area contributed by atoms with Crippen LogP contribution in [-0.2, 0) is 0 Å². The lowest BCUT2D eigenvalue weighted by molar-refractivity contribution is 0.147. The van der Waals surface area contributed by atoms with E-state index in [-0.39, 0.29) is 11.3 Å². The van der Waals surface area contributed by atoms with Gasteiger partial charge in [-0.1, -0.05) is 0 Å². The van der Waals surface area contributed by atoms with E-state index >= 15 is 0 Å². The average molecular weight is 217 g/mol. The average Bonchev–Trinajstić information content (AvgIpc) is 2.20. The van der Waals surface area contributed by atoms with Gasteiger partial charge in [-0.3, -0.25) is 0 Å². The van der Waals surface area contributed by atoms with Crippen molar-refractivity contribution in [2.75, 3.05) is 7.11 Å². The van der Waals surface area contributed by atoms with Crippen molar-refractivity contribution in [2.24, 2.45) is 5.73 Å². The van der Waals surface area contributed by atoms with Crippen molar-refractivity contribution in [3.8, 4) is 5.75 Å². The van der Waals surface area contributed by atoms with Gasteiger partial charge in [-0.15, -0.1) is 0 Å². The molecule has 2 atom stereocenters. The van der Waals surface area contributed by atoms with E-state index < -0.39 is 23.8 Å². The Bertz CT molecular complexity index is 356. The summed E-state index contributed by atoms with van der Waals surface area (Å²) in [6.07, 6.45) is -1.26. The highest BCUT2D eigenvalue weighted by molar-refractivity contribution is 5.32. The third kappa shape index (κ3) is 2.43. The summed E-state index contributed by atoms with van der Waals surface area (Å²) < 4.78 is 31.1. The number of aliphatic hydroxyl groups excluding tert-OH is 1. The highest BCUT2D eigenvalue weighted by atomic mass is 19.2. The van der Waals surface area contributed by atoms with E-state index in [9.17, 15) is 13.9 Å². The standard InChI is InChI=1S/C10H13F2NO2/c1-5(13)10(14)7-3-6(15-2)4-8(11)9(7)12/h3-5,10,14H,13H2,1-2H3. The number of ether oxygens (including phenoxy) is 1.